The van der Waals surface area contributed by atoms with E-state index in [-0.39, 0.29) is 36.5 Å². The van der Waals surface area contributed by atoms with Gasteiger partial charge in [-0.3, -0.25) is 9.69 Å². The standard InChI is InChI=1S/C26H37N3O4S2Si/c1-9-12-32-25(31)22-23(16(3)21-20(24(30)29(21)22)17(4)33-36(6,7)8)35-26-27-19(14-34-26)18-11-10-15(2)28(5)13-18/h9,11,14-17,20-21H,1,10,12-13H2,2-8H3/t15-,16+,17+,20+,21+/m0/s1. The van der Waals surface area contributed by atoms with Gasteiger partial charge in [0, 0.05) is 28.8 Å². The SMILES string of the molecule is C=CCOC(=O)C1=C(Sc2nc(C3=CC[C@H](C)N(C)C3)cs2)[C@H](C)[C@@H]2[C@@H]([C@@H](C)O[Si](C)(C)C)C(=O)N12. The number of fused-ring (bicyclic) bond motifs is 1. The third kappa shape index (κ3) is 5.29. The number of thioether (sulfide) groups is 1. The second-order valence-electron chi connectivity index (χ2n) is 10.9. The van der Waals surface area contributed by atoms with E-state index in [9.17, 15) is 9.59 Å². The number of esters is 1. The van der Waals surface area contributed by atoms with Gasteiger partial charge in [0.1, 0.15) is 12.3 Å². The summed E-state index contributed by atoms with van der Waals surface area (Å²) in [7, 11) is 0.307. The molecule has 1 aromatic heterocycles. The van der Waals surface area contributed by atoms with Gasteiger partial charge in [-0.1, -0.05) is 37.4 Å². The van der Waals surface area contributed by atoms with E-state index in [4.69, 9.17) is 14.1 Å². The highest BCUT2D eigenvalue weighted by molar-refractivity contribution is 8.04. The van der Waals surface area contributed by atoms with Crippen molar-refractivity contribution in [2.45, 2.75) is 69.4 Å². The Balaban J connectivity index is 1.60. The molecule has 0 N–H and O–H groups in total. The van der Waals surface area contributed by atoms with Gasteiger partial charge in [-0.25, -0.2) is 9.78 Å². The number of ether oxygens (including phenoxy) is 1. The van der Waals surface area contributed by atoms with Gasteiger partial charge in [-0.05, 0) is 52.5 Å². The summed E-state index contributed by atoms with van der Waals surface area (Å²) in [6, 6.07) is 0.408. The fraction of sp³-hybridized carbons (Fsp3) is 0.577. The van der Waals surface area contributed by atoms with Crippen LogP contribution in [0.25, 0.3) is 5.57 Å². The molecule has 1 fully saturated rings. The van der Waals surface area contributed by atoms with Crippen LogP contribution in [0.2, 0.25) is 19.6 Å². The van der Waals surface area contributed by atoms with E-state index in [2.05, 4.69) is 63.5 Å². The minimum absolute atomic E-state index is 0.0232. The third-order valence-corrected chi connectivity index (χ3v) is 10.3. The highest BCUT2D eigenvalue weighted by atomic mass is 32.2. The fourth-order valence-electron chi connectivity index (χ4n) is 5.18. The van der Waals surface area contributed by atoms with Crippen LogP contribution in [-0.4, -0.2) is 73.4 Å². The lowest BCUT2D eigenvalue weighted by molar-refractivity contribution is -0.163. The molecule has 1 aromatic rings. The van der Waals surface area contributed by atoms with Crippen molar-refractivity contribution >= 4 is 48.9 Å². The number of hydrogen-bond donors (Lipinski definition) is 0. The molecule has 36 heavy (non-hydrogen) atoms. The summed E-state index contributed by atoms with van der Waals surface area (Å²) >= 11 is 3.06. The molecule has 0 spiro atoms. The van der Waals surface area contributed by atoms with Crippen LogP contribution < -0.4 is 0 Å². The van der Waals surface area contributed by atoms with Crippen LogP contribution in [0, 0.1) is 11.8 Å². The minimum atomic E-state index is -1.83. The molecule has 0 bridgehead atoms. The molecule has 0 saturated carbocycles. The van der Waals surface area contributed by atoms with E-state index < -0.39 is 14.3 Å². The van der Waals surface area contributed by atoms with Crippen molar-refractivity contribution in [1.82, 2.24) is 14.8 Å². The monoisotopic (exact) mass is 547 g/mol. The van der Waals surface area contributed by atoms with Crippen molar-refractivity contribution in [3.05, 3.63) is 40.4 Å². The zero-order valence-corrected chi connectivity index (χ0v) is 24.9. The maximum absolute atomic E-state index is 13.3. The van der Waals surface area contributed by atoms with Gasteiger partial charge < -0.3 is 14.1 Å². The summed E-state index contributed by atoms with van der Waals surface area (Å²) < 4.78 is 12.6. The van der Waals surface area contributed by atoms with Gasteiger partial charge in [0.05, 0.1) is 23.8 Å². The largest absolute Gasteiger partial charge is 0.457 e. The quantitative estimate of drug-likeness (QED) is 0.186. The van der Waals surface area contributed by atoms with Gasteiger partial charge in [-0.15, -0.1) is 11.3 Å². The number of hydrogen-bond acceptors (Lipinski definition) is 8. The predicted molar refractivity (Wildman–Crippen MR) is 148 cm³/mol. The molecule has 4 rings (SSSR count). The Morgan fingerprint density at radius 1 is 1.39 bits per heavy atom. The number of rotatable bonds is 9. The molecular formula is C26H37N3O4S2Si. The number of nitrogens with zero attached hydrogens (tertiary/aromatic N) is 3. The highest BCUT2D eigenvalue weighted by Gasteiger charge is 2.61. The lowest BCUT2D eigenvalue weighted by Crippen LogP contribution is -2.64. The van der Waals surface area contributed by atoms with E-state index in [1.165, 1.54) is 23.4 Å². The van der Waals surface area contributed by atoms with E-state index in [0.717, 1.165) is 27.9 Å². The van der Waals surface area contributed by atoms with Gasteiger partial charge >= 0.3 is 5.97 Å². The molecular weight excluding hydrogens is 511 g/mol. The summed E-state index contributed by atoms with van der Waals surface area (Å²) in [5.41, 5.74) is 2.56. The second kappa shape index (κ2) is 10.6. The molecule has 196 valence electrons. The van der Waals surface area contributed by atoms with Crippen molar-refractivity contribution in [2.75, 3.05) is 20.2 Å². The Morgan fingerprint density at radius 3 is 2.75 bits per heavy atom. The number of likely N-dealkylation sites (N-methyl/N-ethyl adjacent to an activating group) is 1. The van der Waals surface area contributed by atoms with Crippen LogP contribution in [0.15, 0.2) is 39.1 Å². The Hall–Kier alpha value is -1.72. The van der Waals surface area contributed by atoms with Crippen molar-refractivity contribution in [2.24, 2.45) is 11.8 Å². The number of carbonyl (C=O) groups excluding carboxylic acids is 2. The molecule has 10 heteroatoms. The topological polar surface area (TPSA) is 72.0 Å². The predicted octanol–water partition coefficient (Wildman–Crippen LogP) is 5.00. The number of β-lactam (4-membered cyclic amide) rings is 1. The van der Waals surface area contributed by atoms with Crippen LogP contribution in [0.4, 0.5) is 0 Å². The molecule has 0 unspecified atom stereocenters. The molecule has 4 heterocycles. The first-order chi connectivity index (χ1) is 16.9. The first-order valence-corrected chi connectivity index (χ1v) is 17.6. The van der Waals surface area contributed by atoms with Crippen LogP contribution in [0.3, 0.4) is 0 Å². The van der Waals surface area contributed by atoms with Gasteiger partial charge in [0.2, 0.25) is 5.91 Å². The minimum Gasteiger partial charge on any atom is -0.457 e. The summed E-state index contributed by atoms with van der Waals surface area (Å²) in [5.74, 6) is -0.850. The normalized spacial score (nSPS) is 27.5. The van der Waals surface area contributed by atoms with E-state index in [1.54, 1.807) is 16.2 Å². The Bertz CT molecular complexity index is 1110. The second-order valence-corrected chi connectivity index (χ2v) is 17.5. The van der Waals surface area contributed by atoms with Crippen molar-refractivity contribution in [1.29, 1.82) is 0 Å². The summed E-state index contributed by atoms with van der Waals surface area (Å²) in [6.45, 7) is 17.3. The summed E-state index contributed by atoms with van der Waals surface area (Å²) in [4.78, 5) is 36.2. The molecule has 7 nitrogen and oxygen atoms in total. The average molecular weight is 548 g/mol. The number of aromatic nitrogens is 1. The molecule has 3 aliphatic heterocycles. The smallest absolute Gasteiger partial charge is 0.356 e. The molecule has 1 saturated heterocycles. The van der Waals surface area contributed by atoms with Crippen LogP contribution in [-0.2, 0) is 18.8 Å². The van der Waals surface area contributed by atoms with Gasteiger partial charge in [0.15, 0.2) is 12.7 Å². The zero-order valence-electron chi connectivity index (χ0n) is 22.2. The molecule has 1 amide bonds. The lowest BCUT2D eigenvalue weighted by atomic mass is 9.79. The third-order valence-electron chi connectivity index (χ3n) is 7.05. The lowest BCUT2D eigenvalue weighted by Gasteiger charge is -2.48. The van der Waals surface area contributed by atoms with Crippen LogP contribution >= 0.6 is 23.1 Å². The van der Waals surface area contributed by atoms with Gasteiger partial charge in [0.25, 0.3) is 0 Å². The Kier molecular flexibility index (Phi) is 8.02. The maximum atomic E-state index is 13.3. The van der Waals surface area contributed by atoms with E-state index >= 15 is 0 Å². The Morgan fingerprint density at radius 2 is 2.11 bits per heavy atom. The average Bonchev–Trinajstić information content (AvgIpc) is 3.35. The molecule has 5 atom stereocenters. The highest BCUT2D eigenvalue weighted by Crippen LogP contribution is 2.53. The maximum Gasteiger partial charge on any atom is 0.356 e. The number of carbonyl (C=O) groups is 2. The summed E-state index contributed by atoms with van der Waals surface area (Å²) in [5, 5.41) is 2.08. The fourth-order valence-corrected chi connectivity index (χ4v) is 8.55. The zero-order chi connectivity index (χ0) is 26.4. The van der Waals surface area contributed by atoms with Crippen molar-refractivity contribution in [3.8, 4) is 0 Å². The molecule has 0 radical (unpaired) electrons. The van der Waals surface area contributed by atoms with E-state index in [0.29, 0.717) is 11.7 Å². The van der Waals surface area contributed by atoms with Gasteiger partial charge in [-0.2, -0.15) is 0 Å². The number of thiazole rings is 1. The van der Waals surface area contributed by atoms with Crippen LogP contribution in [0.1, 0.15) is 32.9 Å². The number of amides is 1. The summed E-state index contributed by atoms with van der Waals surface area (Å²) in [6.07, 6.45) is 4.62. The first-order valence-electron chi connectivity index (χ1n) is 12.5. The van der Waals surface area contributed by atoms with Crippen molar-refractivity contribution in [3.63, 3.8) is 0 Å². The first kappa shape index (κ1) is 27.3. The molecule has 0 aliphatic carbocycles. The van der Waals surface area contributed by atoms with Crippen molar-refractivity contribution < 1.29 is 18.8 Å². The molecule has 3 aliphatic rings. The van der Waals surface area contributed by atoms with Crippen LogP contribution in [0.5, 0.6) is 0 Å². The van der Waals surface area contributed by atoms with E-state index in [1.807, 2.05) is 6.92 Å². The molecule has 0 aromatic carbocycles. The Labute approximate surface area is 223 Å².